The van der Waals surface area contributed by atoms with E-state index in [-0.39, 0.29) is 14.0 Å². The first kappa shape index (κ1) is 8.85. The summed E-state index contributed by atoms with van der Waals surface area (Å²) < 4.78 is 0. The molecule has 12 heavy (non-hydrogen) atoms. The van der Waals surface area contributed by atoms with Crippen molar-refractivity contribution in [2.45, 2.75) is 0 Å². The highest BCUT2D eigenvalue weighted by Crippen LogP contribution is 1.76. The molecule has 0 aromatic heterocycles. The van der Waals surface area contributed by atoms with Crippen LogP contribution in [-0.4, -0.2) is 21.5 Å². The maximum Gasteiger partial charge on any atom is 0.375 e. The lowest BCUT2D eigenvalue weighted by molar-refractivity contribution is 1.23. The molecule has 0 atom stereocenters. The van der Waals surface area contributed by atoms with Crippen molar-refractivity contribution < 1.29 is 0 Å². The molecule has 0 aliphatic carbocycles. The van der Waals surface area contributed by atoms with Crippen LogP contribution in [0.4, 0.5) is 0 Å². The Hall–Kier alpha value is -1.25. The summed E-state index contributed by atoms with van der Waals surface area (Å²) in [6, 6.07) is 0. The van der Waals surface area contributed by atoms with Crippen LogP contribution in [0.1, 0.15) is 0 Å². The van der Waals surface area contributed by atoms with Gasteiger partial charge in [0.25, 0.3) is 7.55 Å². The standard InChI is InChI=1S/C6H5B3N3/c1-3-5-6-9-11-7-10-8(4-2)12-9/h1-2,10-12H. The third-order valence-electron chi connectivity index (χ3n) is 1.29. The summed E-state index contributed by atoms with van der Waals surface area (Å²) in [5, 5.41) is 8.76. The van der Waals surface area contributed by atoms with E-state index in [2.05, 4.69) is 38.9 Å². The van der Waals surface area contributed by atoms with E-state index < -0.39 is 0 Å². The third-order valence-corrected chi connectivity index (χ3v) is 1.29. The predicted octanol–water partition coefficient (Wildman–Crippen LogP) is -2.37. The molecule has 1 saturated heterocycles. The Kier molecular flexibility index (Phi) is 3.39. The maximum absolute atomic E-state index is 5.18. The van der Waals surface area contributed by atoms with Gasteiger partial charge in [-0.3, -0.25) is 0 Å². The van der Waals surface area contributed by atoms with Crippen LogP contribution >= 0.6 is 0 Å². The lowest BCUT2D eigenvalue weighted by atomic mass is 9.57. The molecule has 6 heteroatoms. The molecule has 0 saturated carbocycles. The molecule has 1 aliphatic rings. The van der Waals surface area contributed by atoms with Gasteiger partial charge in [0.05, 0.1) is 0 Å². The minimum atomic E-state index is -0.191. The first-order valence-electron chi connectivity index (χ1n) is 3.39. The lowest BCUT2D eigenvalue weighted by Crippen LogP contribution is -2.68. The second-order valence-corrected chi connectivity index (χ2v) is 2.09. The molecular weight excluding hydrogens is 147 g/mol. The van der Waals surface area contributed by atoms with Crippen molar-refractivity contribution in [1.29, 1.82) is 0 Å². The minimum Gasteiger partial charge on any atom is -0.364 e. The summed E-state index contributed by atoms with van der Waals surface area (Å²) in [4.78, 5) is 0. The van der Waals surface area contributed by atoms with Gasteiger partial charge >= 0.3 is 14.0 Å². The Morgan fingerprint density at radius 1 is 1.17 bits per heavy atom. The van der Waals surface area contributed by atoms with E-state index in [4.69, 9.17) is 12.8 Å². The Bertz CT molecular complexity index is 292. The normalized spacial score (nSPS) is 14.8. The summed E-state index contributed by atoms with van der Waals surface area (Å²) in [6.07, 6.45) is 10.2. The first-order valence-corrected chi connectivity index (χ1v) is 3.39. The fraction of sp³-hybridized carbons (Fsp3) is 0. The molecule has 0 amide bonds. The molecule has 1 rings (SSSR count). The first-order chi connectivity index (χ1) is 5.86. The largest absolute Gasteiger partial charge is 0.375 e. The van der Waals surface area contributed by atoms with Crippen molar-refractivity contribution in [3.05, 3.63) is 0 Å². The Morgan fingerprint density at radius 3 is 2.58 bits per heavy atom. The van der Waals surface area contributed by atoms with Crippen molar-refractivity contribution in [2.24, 2.45) is 0 Å². The molecule has 3 N–H and O–H groups in total. The fourth-order valence-corrected chi connectivity index (χ4v) is 0.771. The summed E-state index contributed by atoms with van der Waals surface area (Å²) in [6.45, 7) is -0.369. The molecular formula is C6H5B3N3. The van der Waals surface area contributed by atoms with Crippen molar-refractivity contribution in [3.63, 3.8) is 0 Å². The zero-order valence-electron chi connectivity index (χ0n) is 6.39. The Labute approximate surface area is 74.0 Å². The van der Waals surface area contributed by atoms with Crippen LogP contribution in [0.15, 0.2) is 0 Å². The van der Waals surface area contributed by atoms with Gasteiger partial charge in [0.2, 0.25) is 0 Å². The van der Waals surface area contributed by atoms with Gasteiger partial charge in [-0.1, -0.05) is 0 Å². The van der Waals surface area contributed by atoms with E-state index in [1.807, 2.05) is 0 Å². The van der Waals surface area contributed by atoms with Crippen molar-refractivity contribution >= 4 is 21.5 Å². The number of nitrogens with one attached hydrogen (secondary N) is 3. The monoisotopic (exact) mass is 152 g/mol. The maximum atomic E-state index is 5.18. The van der Waals surface area contributed by atoms with Crippen LogP contribution in [0.3, 0.4) is 0 Å². The average molecular weight is 152 g/mol. The van der Waals surface area contributed by atoms with Gasteiger partial charge in [-0.2, -0.15) is 0 Å². The number of hydrogen-bond donors (Lipinski definition) is 3. The smallest absolute Gasteiger partial charge is 0.364 e. The van der Waals surface area contributed by atoms with Gasteiger partial charge in [-0.15, -0.1) is 24.5 Å². The molecule has 53 valence electrons. The predicted molar refractivity (Wildman–Crippen MR) is 52.1 cm³/mol. The molecule has 3 nitrogen and oxygen atoms in total. The van der Waals surface area contributed by atoms with E-state index >= 15 is 0 Å². The summed E-state index contributed by atoms with van der Waals surface area (Å²) >= 11 is 0. The van der Waals surface area contributed by atoms with Gasteiger partial charge in [0.15, 0.2) is 0 Å². The molecule has 0 aromatic carbocycles. The zero-order chi connectivity index (χ0) is 8.81. The average Bonchev–Trinajstić information content (AvgIpc) is 2.15. The summed E-state index contributed by atoms with van der Waals surface area (Å²) in [5.74, 6) is 9.98. The second kappa shape index (κ2) is 4.60. The highest BCUT2D eigenvalue weighted by atomic mass is 15.0. The number of hydrogen-bond acceptors (Lipinski definition) is 3. The molecule has 0 aromatic rings. The molecule has 0 bridgehead atoms. The van der Waals surface area contributed by atoms with Crippen LogP contribution in [0, 0.1) is 36.3 Å². The lowest BCUT2D eigenvalue weighted by Gasteiger charge is -2.20. The van der Waals surface area contributed by atoms with Crippen molar-refractivity contribution in [1.82, 2.24) is 15.4 Å². The van der Waals surface area contributed by atoms with E-state index in [1.165, 1.54) is 0 Å². The van der Waals surface area contributed by atoms with Gasteiger partial charge in [0, 0.05) is 0 Å². The van der Waals surface area contributed by atoms with Crippen molar-refractivity contribution in [2.75, 3.05) is 0 Å². The van der Waals surface area contributed by atoms with Gasteiger partial charge in [-0.25, -0.2) is 0 Å². The van der Waals surface area contributed by atoms with Gasteiger partial charge in [0.1, 0.15) is 0 Å². The van der Waals surface area contributed by atoms with Crippen LogP contribution in [0.5, 0.6) is 0 Å². The van der Waals surface area contributed by atoms with E-state index in [1.54, 1.807) is 7.55 Å². The quantitative estimate of drug-likeness (QED) is 0.268. The highest BCUT2D eigenvalue weighted by Gasteiger charge is 2.24. The van der Waals surface area contributed by atoms with Crippen molar-refractivity contribution in [3.8, 4) is 36.3 Å². The van der Waals surface area contributed by atoms with Gasteiger partial charge < -0.3 is 15.4 Å². The summed E-state index contributed by atoms with van der Waals surface area (Å²) in [5.41, 5.74) is 0. The molecule has 1 radical (unpaired) electrons. The van der Waals surface area contributed by atoms with E-state index in [0.717, 1.165) is 0 Å². The molecule has 0 unspecified atom stereocenters. The highest BCUT2D eigenvalue weighted by molar-refractivity contribution is 6.88. The Morgan fingerprint density at radius 2 is 1.92 bits per heavy atom. The minimum absolute atomic E-state index is 0.177. The van der Waals surface area contributed by atoms with Crippen LogP contribution < -0.4 is 15.4 Å². The molecule has 0 spiro atoms. The van der Waals surface area contributed by atoms with Gasteiger partial charge in [-0.05, 0) is 11.8 Å². The van der Waals surface area contributed by atoms with Crippen LogP contribution in [0.2, 0.25) is 0 Å². The van der Waals surface area contributed by atoms with Crippen LogP contribution in [-0.2, 0) is 0 Å². The molecule has 1 aliphatic heterocycles. The van der Waals surface area contributed by atoms with E-state index in [0.29, 0.717) is 0 Å². The second-order valence-electron chi connectivity index (χ2n) is 2.09. The number of terminal acetylenes is 2. The summed E-state index contributed by atoms with van der Waals surface area (Å²) in [7, 11) is 1.65. The SMILES string of the molecule is C#CC#CB1N[B]NB(C#C)N1. The fourth-order valence-electron chi connectivity index (χ4n) is 0.771. The zero-order valence-corrected chi connectivity index (χ0v) is 6.39. The topological polar surface area (TPSA) is 36.1 Å². The molecule has 1 fully saturated rings. The third kappa shape index (κ3) is 2.42. The number of rotatable bonds is 0. The van der Waals surface area contributed by atoms with E-state index in [9.17, 15) is 0 Å². The molecule has 1 heterocycles. The van der Waals surface area contributed by atoms with Crippen LogP contribution in [0.25, 0.3) is 0 Å². The Balaban J connectivity index is 2.48.